The molecule has 0 saturated carbocycles. The maximum atomic E-state index is 11.9. The lowest BCUT2D eigenvalue weighted by atomic mass is 10.2. The number of anilines is 1. The summed E-state index contributed by atoms with van der Waals surface area (Å²) in [6.07, 6.45) is 0.00929. The van der Waals surface area contributed by atoms with E-state index in [0.29, 0.717) is 17.9 Å². The van der Waals surface area contributed by atoms with Gasteiger partial charge < -0.3 is 10.4 Å². The fraction of sp³-hybridized carbons (Fsp3) is 0.333. The Labute approximate surface area is 131 Å². The maximum absolute atomic E-state index is 11.9. The summed E-state index contributed by atoms with van der Waals surface area (Å²) >= 11 is 1.09. The number of nitrogens with one attached hydrogen (secondary N) is 1. The number of carboxylic acids is 1. The number of carbonyl (C=O) groups is 2. The molecular formula is C12H15ClN4O3S. The summed E-state index contributed by atoms with van der Waals surface area (Å²) in [5, 5.41) is 11.4. The first kappa shape index (κ1) is 17.3. The minimum absolute atomic E-state index is 0. The molecule has 114 valence electrons. The first-order valence-corrected chi connectivity index (χ1v) is 6.71. The van der Waals surface area contributed by atoms with E-state index in [1.54, 1.807) is 24.1 Å². The Morgan fingerprint density at radius 2 is 2.14 bits per heavy atom. The van der Waals surface area contributed by atoms with Crippen LogP contribution in [0.5, 0.6) is 0 Å². The summed E-state index contributed by atoms with van der Waals surface area (Å²) in [7, 11) is 1.70. The van der Waals surface area contributed by atoms with Crippen LogP contribution in [-0.2, 0) is 20.9 Å². The second-order valence-corrected chi connectivity index (χ2v) is 4.90. The molecule has 0 aliphatic carbocycles. The second kappa shape index (κ2) is 7.87. The van der Waals surface area contributed by atoms with Crippen molar-refractivity contribution in [3.63, 3.8) is 0 Å². The SMILES string of the molecule is CN(CCC(=O)O)CC(=O)Nc1cccc2c1N=S=N2.Cl. The van der Waals surface area contributed by atoms with Gasteiger partial charge in [-0.1, -0.05) is 6.07 Å². The molecule has 7 nitrogen and oxygen atoms in total. The zero-order valence-electron chi connectivity index (χ0n) is 11.3. The van der Waals surface area contributed by atoms with E-state index < -0.39 is 5.97 Å². The van der Waals surface area contributed by atoms with E-state index in [9.17, 15) is 9.59 Å². The number of amides is 1. The van der Waals surface area contributed by atoms with Crippen LogP contribution in [0.25, 0.3) is 0 Å². The number of carboxylic acid groups (broad SMARTS) is 1. The van der Waals surface area contributed by atoms with E-state index in [-0.39, 0.29) is 31.3 Å². The Balaban J connectivity index is 0.00000220. The number of halogens is 1. The fourth-order valence-corrected chi connectivity index (χ4v) is 2.26. The van der Waals surface area contributed by atoms with Crippen molar-refractivity contribution in [3.8, 4) is 0 Å². The average molecular weight is 331 g/mol. The van der Waals surface area contributed by atoms with E-state index in [1.807, 2.05) is 6.07 Å². The van der Waals surface area contributed by atoms with Crippen molar-refractivity contribution >= 4 is 52.7 Å². The summed E-state index contributed by atoms with van der Waals surface area (Å²) in [6, 6.07) is 5.39. The minimum Gasteiger partial charge on any atom is -0.481 e. The third kappa shape index (κ3) is 4.92. The zero-order chi connectivity index (χ0) is 14.5. The lowest BCUT2D eigenvalue weighted by molar-refractivity contribution is -0.137. The molecule has 1 aliphatic heterocycles. The Bertz CT molecular complexity index is 617. The highest BCUT2D eigenvalue weighted by Gasteiger charge is 2.14. The van der Waals surface area contributed by atoms with Gasteiger partial charge in [0.25, 0.3) is 0 Å². The van der Waals surface area contributed by atoms with Gasteiger partial charge >= 0.3 is 5.97 Å². The molecular weight excluding hydrogens is 316 g/mol. The molecule has 1 aromatic carbocycles. The quantitative estimate of drug-likeness (QED) is 0.848. The van der Waals surface area contributed by atoms with Gasteiger partial charge in [0.1, 0.15) is 11.4 Å². The molecule has 0 atom stereocenters. The van der Waals surface area contributed by atoms with Gasteiger partial charge in [-0.2, -0.15) is 8.73 Å². The molecule has 21 heavy (non-hydrogen) atoms. The van der Waals surface area contributed by atoms with Crippen molar-refractivity contribution in [2.24, 2.45) is 8.73 Å². The highest BCUT2D eigenvalue weighted by atomic mass is 35.5. The van der Waals surface area contributed by atoms with Gasteiger partial charge in [-0.05, 0) is 19.2 Å². The summed E-state index contributed by atoms with van der Waals surface area (Å²) < 4.78 is 8.23. The molecule has 0 aromatic heterocycles. The summed E-state index contributed by atoms with van der Waals surface area (Å²) in [6.45, 7) is 0.451. The van der Waals surface area contributed by atoms with Gasteiger partial charge in [-0.25, -0.2) is 0 Å². The molecule has 2 rings (SSSR count). The van der Waals surface area contributed by atoms with Crippen LogP contribution in [0.3, 0.4) is 0 Å². The monoisotopic (exact) mass is 330 g/mol. The summed E-state index contributed by atoms with van der Waals surface area (Å²) in [5.41, 5.74) is 2.03. The Morgan fingerprint density at radius 1 is 1.38 bits per heavy atom. The number of fused-ring (bicyclic) bond motifs is 1. The van der Waals surface area contributed by atoms with E-state index >= 15 is 0 Å². The number of likely N-dealkylation sites (N-methyl/N-ethyl adjacent to an activating group) is 1. The third-order valence-corrected chi connectivity index (χ3v) is 3.22. The first-order chi connectivity index (χ1) is 9.56. The summed E-state index contributed by atoms with van der Waals surface area (Å²) in [5.74, 6) is -1.09. The molecule has 1 amide bonds. The zero-order valence-corrected chi connectivity index (χ0v) is 12.9. The maximum Gasteiger partial charge on any atom is 0.304 e. The number of carbonyl (C=O) groups excluding carboxylic acids is 1. The minimum atomic E-state index is -0.879. The standard InChI is InChI=1S/C12H14N4O3S.ClH/c1-16(6-5-11(18)19)7-10(17)13-8-3-2-4-9-12(8)15-20-14-9;/h2-4H,5-7H2,1H3,(H,13,17)(H,18,19);1H. The van der Waals surface area contributed by atoms with Crippen LogP contribution < -0.4 is 5.32 Å². The molecule has 0 spiro atoms. The van der Waals surface area contributed by atoms with Crippen LogP contribution in [0.15, 0.2) is 26.9 Å². The van der Waals surface area contributed by atoms with Crippen LogP contribution >= 0.6 is 12.4 Å². The van der Waals surface area contributed by atoms with Crippen molar-refractivity contribution in [3.05, 3.63) is 18.2 Å². The smallest absolute Gasteiger partial charge is 0.304 e. The highest BCUT2D eigenvalue weighted by Crippen LogP contribution is 2.38. The van der Waals surface area contributed by atoms with Crippen LogP contribution in [0.4, 0.5) is 17.1 Å². The van der Waals surface area contributed by atoms with Crippen LogP contribution in [0, 0.1) is 0 Å². The normalized spacial score (nSPS) is 11.5. The molecule has 1 aliphatic rings. The third-order valence-electron chi connectivity index (χ3n) is 2.68. The van der Waals surface area contributed by atoms with Crippen LogP contribution in [0.1, 0.15) is 6.42 Å². The van der Waals surface area contributed by atoms with Crippen molar-refractivity contribution < 1.29 is 14.7 Å². The largest absolute Gasteiger partial charge is 0.481 e. The lowest BCUT2D eigenvalue weighted by Crippen LogP contribution is -2.31. The van der Waals surface area contributed by atoms with E-state index in [0.717, 1.165) is 17.0 Å². The molecule has 1 aromatic rings. The number of benzene rings is 1. The number of hydrogen-bond acceptors (Lipinski definition) is 5. The van der Waals surface area contributed by atoms with E-state index in [4.69, 9.17) is 5.11 Å². The summed E-state index contributed by atoms with van der Waals surface area (Å²) in [4.78, 5) is 24.0. The molecule has 2 N–H and O–H groups in total. The Hall–Kier alpha value is -1.77. The van der Waals surface area contributed by atoms with Crippen molar-refractivity contribution in [1.29, 1.82) is 0 Å². The number of rotatable bonds is 6. The van der Waals surface area contributed by atoms with Gasteiger partial charge in [-0.15, -0.1) is 12.4 Å². The van der Waals surface area contributed by atoms with E-state index in [1.165, 1.54) is 0 Å². The first-order valence-electron chi connectivity index (χ1n) is 5.98. The van der Waals surface area contributed by atoms with Gasteiger partial charge in [0, 0.05) is 6.54 Å². The average Bonchev–Trinajstić information content (AvgIpc) is 2.85. The number of hydrogen-bond donors (Lipinski definition) is 2. The van der Waals surface area contributed by atoms with Crippen LogP contribution in [-0.4, -0.2) is 42.0 Å². The van der Waals surface area contributed by atoms with Gasteiger partial charge in [0.2, 0.25) is 5.91 Å². The number of nitrogens with zero attached hydrogens (tertiary/aromatic N) is 3. The van der Waals surface area contributed by atoms with Crippen molar-refractivity contribution in [1.82, 2.24) is 4.90 Å². The van der Waals surface area contributed by atoms with Crippen molar-refractivity contribution in [2.45, 2.75) is 6.42 Å². The number of aliphatic carboxylic acids is 1. The predicted octanol–water partition coefficient (Wildman–Crippen LogP) is 2.18. The predicted molar refractivity (Wildman–Crippen MR) is 83.6 cm³/mol. The lowest BCUT2D eigenvalue weighted by Gasteiger charge is -2.15. The fourth-order valence-electron chi connectivity index (χ4n) is 1.71. The van der Waals surface area contributed by atoms with Gasteiger partial charge in [0.05, 0.1) is 30.0 Å². The molecule has 0 bridgehead atoms. The molecule has 0 fully saturated rings. The van der Waals surface area contributed by atoms with Crippen molar-refractivity contribution in [2.75, 3.05) is 25.5 Å². The molecule has 0 radical (unpaired) electrons. The van der Waals surface area contributed by atoms with Gasteiger partial charge in [0.15, 0.2) is 0 Å². The van der Waals surface area contributed by atoms with Crippen LogP contribution in [0.2, 0.25) is 0 Å². The van der Waals surface area contributed by atoms with Gasteiger partial charge in [-0.3, -0.25) is 14.5 Å². The Morgan fingerprint density at radius 3 is 2.86 bits per heavy atom. The molecule has 0 saturated heterocycles. The Kier molecular flexibility index (Phi) is 6.47. The van der Waals surface area contributed by atoms with E-state index in [2.05, 4.69) is 14.0 Å². The topological polar surface area (TPSA) is 94.4 Å². The molecule has 0 unspecified atom stereocenters. The highest BCUT2D eigenvalue weighted by molar-refractivity contribution is 7.58. The molecule has 1 heterocycles. The molecule has 9 heteroatoms. The second-order valence-electron chi connectivity index (χ2n) is 4.37.